The topological polar surface area (TPSA) is 29.9 Å². The summed E-state index contributed by atoms with van der Waals surface area (Å²) in [4.78, 5) is 0. The first-order chi connectivity index (χ1) is 9.58. The van der Waals surface area contributed by atoms with Crippen LogP contribution >= 0.6 is 43.5 Å². The fourth-order valence-corrected chi connectivity index (χ4v) is 3.53. The predicted molar refractivity (Wildman–Crippen MR) is 90.3 cm³/mol. The van der Waals surface area contributed by atoms with Crippen molar-refractivity contribution in [2.24, 2.45) is 0 Å². The first-order valence-corrected chi connectivity index (χ1v) is 8.38. The molecule has 108 valence electrons. The Morgan fingerprint density at radius 3 is 2.75 bits per heavy atom. The van der Waals surface area contributed by atoms with Gasteiger partial charge in [-0.05, 0) is 47.1 Å². The number of benzene rings is 1. The summed E-state index contributed by atoms with van der Waals surface area (Å²) < 4.78 is 3.98. The maximum Gasteiger partial charge on any atom is 0.0771 e. The van der Waals surface area contributed by atoms with E-state index in [0.717, 1.165) is 38.2 Å². The molecule has 20 heavy (non-hydrogen) atoms. The summed E-state index contributed by atoms with van der Waals surface area (Å²) in [6, 6.07) is 5.94. The molecule has 1 unspecified atom stereocenters. The van der Waals surface area contributed by atoms with Crippen LogP contribution in [-0.2, 0) is 6.54 Å². The van der Waals surface area contributed by atoms with E-state index < -0.39 is 0 Å². The lowest BCUT2D eigenvalue weighted by molar-refractivity contribution is 0.533. The second-order valence-corrected chi connectivity index (χ2v) is 6.67. The quantitative estimate of drug-likeness (QED) is 0.753. The van der Waals surface area contributed by atoms with Crippen LogP contribution in [0.2, 0.25) is 5.02 Å². The first kappa shape index (κ1) is 16.0. The van der Waals surface area contributed by atoms with Crippen molar-refractivity contribution in [1.82, 2.24) is 15.1 Å². The molecule has 1 N–H and O–H groups in total. The Hall–Kier alpha value is -0.360. The molecule has 6 heteroatoms. The van der Waals surface area contributed by atoms with Gasteiger partial charge in [0.2, 0.25) is 0 Å². The largest absolute Gasteiger partial charge is 0.308 e. The number of aromatic nitrogens is 2. The number of nitrogens with one attached hydrogen (secondary N) is 1. The molecule has 0 aliphatic heterocycles. The Bertz CT molecular complexity index is 598. The van der Waals surface area contributed by atoms with E-state index in [1.54, 1.807) is 0 Å². The summed E-state index contributed by atoms with van der Waals surface area (Å²) in [7, 11) is 1.93. The number of aryl methyl sites for hydroxylation is 1. The van der Waals surface area contributed by atoms with Gasteiger partial charge < -0.3 is 5.32 Å². The Morgan fingerprint density at radius 2 is 2.15 bits per heavy atom. The van der Waals surface area contributed by atoms with Crippen molar-refractivity contribution in [2.75, 3.05) is 7.05 Å². The van der Waals surface area contributed by atoms with Crippen LogP contribution in [0.3, 0.4) is 0 Å². The monoisotopic (exact) mass is 419 g/mol. The second kappa shape index (κ2) is 7.07. The fraction of sp³-hybridized carbons (Fsp3) is 0.357. The second-order valence-electron chi connectivity index (χ2n) is 4.49. The predicted octanol–water partition coefficient (Wildman–Crippen LogP) is 4.78. The van der Waals surface area contributed by atoms with E-state index in [1.165, 1.54) is 0 Å². The van der Waals surface area contributed by atoms with Crippen molar-refractivity contribution in [3.05, 3.63) is 49.6 Å². The van der Waals surface area contributed by atoms with Crippen LogP contribution in [0.5, 0.6) is 0 Å². The van der Waals surface area contributed by atoms with Crippen LogP contribution in [0.15, 0.2) is 33.3 Å². The van der Waals surface area contributed by atoms with Gasteiger partial charge in [0.15, 0.2) is 0 Å². The van der Waals surface area contributed by atoms with Crippen molar-refractivity contribution < 1.29 is 0 Å². The van der Waals surface area contributed by atoms with Crippen LogP contribution in [0, 0.1) is 0 Å². The Labute approximate surface area is 141 Å². The normalized spacial score (nSPS) is 12.7. The van der Waals surface area contributed by atoms with E-state index in [0.29, 0.717) is 0 Å². The Morgan fingerprint density at radius 1 is 1.40 bits per heavy atom. The summed E-state index contributed by atoms with van der Waals surface area (Å²) in [6.07, 6.45) is 2.87. The van der Waals surface area contributed by atoms with Crippen LogP contribution in [0.25, 0.3) is 0 Å². The van der Waals surface area contributed by atoms with Crippen molar-refractivity contribution in [2.45, 2.75) is 25.9 Å². The molecule has 0 saturated carbocycles. The van der Waals surface area contributed by atoms with E-state index in [2.05, 4.69) is 49.2 Å². The standard InChI is InChI=1S/C14H16Br2ClN3/c1-3-6-20-14(11(16)8-19-20)13(18-2)10-5-4-9(15)7-12(10)17/h4-5,7-8,13,18H,3,6H2,1-2H3. The van der Waals surface area contributed by atoms with Gasteiger partial charge in [-0.2, -0.15) is 5.10 Å². The molecule has 1 aromatic heterocycles. The van der Waals surface area contributed by atoms with Crippen LogP contribution in [0.4, 0.5) is 0 Å². The average molecular weight is 422 g/mol. The molecule has 0 aliphatic rings. The van der Waals surface area contributed by atoms with E-state index in [4.69, 9.17) is 11.6 Å². The molecule has 0 amide bonds. The van der Waals surface area contributed by atoms with Gasteiger partial charge in [-0.3, -0.25) is 4.68 Å². The minimum atomic E-state index is -0.000903. The molecule has 2 rings (SSSR count). The summed E-state index contributed by atoms with van der Waals surface area (Å²) in [5.74, 6) is 0. The number of hydrogen-bond donors (Lipinski definition) is 1. The third kappa shape index (κ3) is 3.27. The van der Waals surface area contributed by atoms with Gasteiger partial charge in [-0.25, -0.2) is 0 Å². The summed E-state index contributed by atoms with van der Waals surface area (Å²) in [5.41, 5.74) is 2.13. The molecule has 0 bridgehead atoms. The molecule has 2 aromatic rings. The molecule has 0 aliphatic carbocycles. The summed E-state index contributed by atoms with van der Waals surface area (Å²) >= 11 is 13.4. The fourth-order valence-electron chi connectivity index (χ4n) is 2.22. The van der Waals surface area contributed by atoms with Crippen LogP contribution in [-0.4, -0.2) is 16.8 Å². The van der Waals surface area contributed by atoms with Gasteiger partial charge in [-0.1, -0.05) is 40.5 Å². The summed E-state index contributed by atoms with van der Waals surface area (Å²) in [5, 5.41) is 8.49. The molecule has 1 heterocycles. The van der Waals surface area contributed by atoms with E-state index >= 15 is 0 Å². The third-order valence-corrected chi connectivity index (χ3v) is 4.54. The average Bonchev–Trinajstić information content (AvgIpc) is 2.75. The molecule has 0 saturated heterocycles. The van der Waals surface area contributed by atoms with Gasteiger partial charge in [0.25, 0.3) is 0 Å². The van der Waals surface area contributed by atoms with Gasteiger partial charge in [0.1, 0.15) is 0 Å². The smallest absolute Gasteiger partial charge is 0.0771 e. The zero-order chi connectivity index (χ0) is 14.7. The van der Waals surface area contributed by atoms with Crippen LogP contribution in [0.1, 0.15) is 30.6 Å². The maximum absolute atomic E-state index is 6.39. The van der Waals surface area contributed by atoms with E-state index in [1.807, 2.05) is 36.1 Å². The highest BCUT2D eigenvalue weighted by Crippen LogP contribution is 2.33. The number of rotatable bonds is 5. The van der Waals surface area contributed by atoms with Gasteiger partial charge in [-0.15, -0.1) is 0 Å². The highest BCUT2D eigenvalue weighted by atomic mass is 79.9. The first-order valence-electron chi connectivity index (χ1n) is 6.41. The third-order valence-electron chi connectivity index (χ3n) is 3.10. The lowest BCUT2D eigenvalue weighted by atomic mass is 10.0. The Kier molecular flexibility index (Phi) is 5.66. The maximum atomic E-state index is 6.39. The lowest BCUT2D eigenvalue weighted by Crippen LogP contribution is -2.22. The van der Waals surface area contributed by atoms with Crippen molar-refractivity contribution in [3.63, 3.8) is 0 Å². The molecule has 0 spiro atoms. The van der Waals surface area contributed by atoms with Gasteiger partial charge in [0, 0.05) is 16.0 Å². The molecule has 0 fully saturated rings. The number of hydrogen-bond acceptors (Lipinski definition) is 2. The van der Waals surface area contributed by atoms with Crippen LogP contribution < -0.4 is 5.32 Å². The van der Waals surface area contributed by atoms with Crippen molar-refractivity contribution >= 4 is 43.5 Å². The van der Waals surface area contributed by atoms with Gasteiger partial charge >= 0.3 is 0 Å². The molecular formula is C14H16Br2ClN3. The zero-order valence-corrected chi connectivity index (χ0v) is 15.3. The molecule has 0 radical (unpaired) electrons. The molecule has 3 nitrogen and oxygen atoms in total. The van der Waals surface area contributed by atoms with E-state index in [9.17, 15) is 0 Å². The Balaban J connectivity index is 2.49. The van der Waals surface area contributed by atoms with E-state index in [-0.39, 0.29) is 6.04 Å². The minimum absolute atomic E-state index is 0.000903. The lowest BCUT2D eigenvalue weighted by Gasteiger charge is -2.20. The molecule has 1 aromatic carbocycles. The number of halogens is 3. The summed E-state index contributed by atoms with van der Waals surface area (Å²) in [6.45, 7) is 3.02. The van der Waals surface area contributed by atoms with Gasteiger partial charge in [0.05, 0.1) is 22.4 Å². The van der Waals surface area contributed by atoms with Crippen molar-refractivity contribution in [1.29, 1.82) is 0 Å². The molecular weight excluding hydrogens is 405 g/mol. The SMILES string of the molecule is CCCn1ncc(Br)c1C(NC)c1ccc(Br)cc1Cl. The molecule has 1 atom stereocenters. The highest BCUT2D eigenvalue weighted by molar-refractivity contribution is 9.10. The number of nitrogens with zero attached hydrogens (tertiary/aromatic N) is 2. The zero-order valence-electron chi connectivity index (χ0n) is 11.3. The minimum Gasteiger partial charge on any atom is -0.308 e. The van der Waals surface area contributed by atoms with Crippen molar-refractivity contribution in [3.8, 4) is 0 Å². The highest BCUT2D eigenvalue weighted by Gasteiger charge is 2.22.